The molecule has 0 radical (unpaired) electrons. The topological polar surface area (TPSA) is 20.2 Å². The van der Waals surface area contributed by atoms with Gasteiger partial charge in [0.1, 0.15) is 0 Å². The van der Waals surface area contributed by atoms with Crippen LogP contribution in [0.1, 0.15) is 25.5 Å². The maximum absolute atomic E-state index is 9.72. The molecule has 70 valence electrons. The van der Waals surface area contributed by atoms with Crippen molar-refractivity contribution in [2.45, 2.75) is 20.0 Å². The van der Waals surface area contributed by atoms with Crippen molar-refractivity contribution in [2.75, 3.05) is 0 Å². The van der Waals surface area contributed by atoms with Crippen LogP contribution in [0, 0.1) is 0 Å². The van der Waals surface area contributed by atoms with Crippen LogP contribution < -0.4 is 0 Å². The monoisotopic (exact) mass is 240 g/mol. The number of benzene rings is 1. The lowest BCUT2D eigenvalue weighted by Crippen LogP contribution is -1.93. The molecule has 0 saturated heterocycles. The number of aliphatic hydroxyl groups is 1. The van der Waals surface area contributed by atoms with E-state index in [0.29, 0.717) is 0 Å². The van der Waals surface area contributed by atoms with Gasteiger partial charge in [0.2, 0.25) is 0 Å². The highest BCUT2D eigenvalue weighted by atomic mass is 79.9. The van der Waals surface area contributed by atoms with Crippen molar-refractivity contribution in [2.24, 2.45) is 0 Å². The van der Waals surface area contributed by atoms with Crippen LogP contribution in [0.3, 0.4) is 0 Å². The predicted octanol–water partition coefficient (Wildman–Crippen LogP) is 3.45. The molecule has 1 N–H and O–H groups in total. The largest absolute Gasteiger partial charge is 0.384 e. The highest BCUT2D eigenvalue weighted by molar-refractivity contribution is 9.10. The molecule has 13 heavy (non-hydrogen) atoms. The van der Waals surface area contributed by atoms with Crippen molar-refractivity contribution in [1.82, 2.24) is 0 Å². The van der Waals surface area contributed by atoms with Crippen LogP contribution >= 0.6 is 15.9 Å². The van der Waals surface area contributed by atoms with E-state index in [1.165, 1.54) is 0 Å². The van der Waals surface area contributed by atoms with Crippen LogP contribution in [0.25, 0.3) is 0 Å². The van der Waals surface area contributed by atoms with Gasteiger partial charge in [-0.15, -0.1) is 0 Å². The molecule has 1 rings (SSSR count). The van der Waals surface area contributed by atoms with Gasteiger partial charge in [0.15, 0.2) is 0 Å². The molecule has 1 nitrogen and oxygen atoms in total. The Hall–Kier alpha value is -0.600. The number of hydrogen-bond acceptors (Lipinski definition) is 1. The smallest absolute Gasteiger partial charge is 0.0974 e. The second-order valence-corrected chi connectivity index (χ2v) is 4.16. The zero-order valence-electron chi connectivity index (χ0n) is 7.79. The van der Waals surface area contributed by atoms with E-state index in [0.717, 1.165) is 15.6 Å². The first-order valence-corrected chi connectivity index (χ1v) is 4.97. The third-order valence-electron chi connectivity index (χ3n) is 1.68. The highest BCUT2D eigenvalue weighted by Crippen LogP contribution is 2.19. The molecule has 1 aromatic rings. The summed E-state index contributed by atoms with van der Waals surface area (Å²) in [5.74, 6) is 0. The summed E-state index contributed by atoms with van der Waals surface area (Å²) in [7, 11) is 0. The Kier molecular flexibility index (Phi) is 3.70. The highest BCUT2D eigenvalue weighted by Gasteiger charge is 2.03. The van der Waals surface area contributed by atoms with Crippen LogP contribution in [0.4, 0.5) is 0 Å². The zero-order valence-corrected chi connectivity index (χ0v) is 9.38. The summed E-state index contributed by atoms with van der Waals surface area (Å²) < 4.78 is 0.992. The van der Waals surface area contributed by atoms with Crippen LogP contribution in [0.15, 0.2) is 40.4 Å². The van der Waals surface area contributed by atoms with E-state index >= 15 is 0 Å². The molecular weight excluding hydrogens is 228 g/mol. The Morgan fingerprint density at radius 3 is 2.69 bits per heavy atom. The molecule has 0 aromatic heterocycles. The van der Waals surface area contributed by atoms with Crippen molar-refractivity contribution >= 4 is 15.9 Å². The van der Waals surface area contributed by atoms with Gasteiger partial charge in [0.05, 0.1) is 6.10 Å². The number of aliphatic hydroxyl groups excluding tert-OH is 1. The van der Waals surface area contributed by atoms with Gasteiger partial charge in [-0.05, 0) is 31.5 Å². The van der Waals surface area contributed by atoms with E-state index in [2.05, 4.69) is 15.9 Å². The predicted molar refractivity (Wildman–Crippen MR) is 58.5 cm³/mol. The van der Waals surface area contributed by atoms with E-state index in [-0.39, 0.29) is 0 Å². The van der Waals surface area contributed by atoms with Gasteiger partial charge in [0.25, 0.3) is 0 Å². The van der Waals surface area contributed by atoms with Crippen LogP contribution in [-0.2, 0) is 0 Å². The Bertz CT molecular complexity index is 314. The number of hydrogen-bond donors (Lipinski definition) is 1. The molecule has 0 fully saturated rings. The van der Waals surface area contributed by atoms with E-state index < -0.39 is 6.10 Å². The number of allylic oxidation sites excluding steroid dienone is 1. The molecule has 0 spiro atoms. The maximum Gasteiger partial charge on any atom is 0.0974 e. The van der Waals surface area contributed by atoms with Gasteiger partial charge in [-0.1, -0.05) is 39.7 Å². The van der Waals surface area contributed by atoms with Gasteiger partial charge in [0, 0.05) is 4.47 Å². The Labute approximate surface area is 87.2 Å². The fourth-order valence-electron chi connectivity index (χ4n) is 1.10. The molecule has 0 heterocycles. The summed E-state index contributed by atoms with van der Waals surface area (Å²) in [5.41, 5.74) is 2.03. The summed E-state index contributed by atoms with van der Waals surface area (Å²) in [5, 5.41) is 9.72. The number of rotatable bonds is 2. The lowest BCUT2D eigenvalue weighted by Gasteiger charge is -2.06. The van der Waals surface area contributed by atoms with Crippen molar-refractivity contribution in [3.05, 3.63) is 46.0 Å². The lowest BCUT2D eigenvalue weighted by molar-refractivity contribution is 0.227. The summed E-state index contributed by atoms with van der Waals surface area (Å²) in [6.45, 7) is 3.95. The average molecular weight is 241 g/mol. The fourth-order valence-corrected chi connectivity index (χ4v) is 1.52. The fraction of sp³-hybridized carbons (Fsp3) is 0.273. The second kappa shape index (κ2) is 4.58. The first-order chi connectivity index (χ1) is 6.09. The standard InChI is InChI=1S/C11H13BrO/c1-8(2)6-11(13)9-4-3-5-10(12)7-9/h3-7,11,13H,1-2H3. The van der Waals surface area contributed by atoms with Crippen molar-refractivity contribution < 1.29 is 5.11 Å². The minimum atomic E-state index is -0.498. The molecule has 1 unspecified atom stereocenters. The number of halogens is 1. The van der Waals surface area contributed by atoms with E-state index in [4.69, 9.17) is 0 Å². The van der Waals surface area contributed by atoms with Crippen molar-refractivity contribution in [1.29, 1.82) is 0 Å². The van der Waals surface area contributed by atoms with E-state index in [1.807, 2.05) is 44.2 Å². The second-order valence-electron chi connectivity index (χ2n) is 3.24. The third kappa shape index (κ3) is 3.33. The van der Waals surface area contributed by atoms with Gasteiger partial charge < -0.3 is 5.11 Å². The molecule has 1 atom stereocenters. The van der Waals surface area contributed by atoms with Gasteiger partial charge in [-0.2, -0.15) is 0 Å². The average Bonchev–Trinajstić information content (AvgIpc) is 2.03. The van der Waals surface area contributed by atoms with Gasteiger partial charge in [-0.3, -0.25) is 0 Å². The summed E-state index contributed by atoms with van der Waals surface area (Å²) >= 11 is 3.36. The van der Waals surface area contributed by atoms with Gasteiger partial charge in [-0.25, -0.2) is 0 Å². The molecule has 0 aliphatic heterocycles. The Morgan fingerprint density at radius 2 is 2.15 bits per heavy atom. The first kappa shape index (κ1) is 10.5. The maximum atomic E-state index is 9.72. The molecular formula is C11H13BrO. The summed E-state index contributed by atoms with van der Waals surface area (Å²) in [6, 6.07) is 7.69. The Morgan fingerprint density at radius 1 is 1.46 bits per heavy atom. The normalized spacial score (nSPS) is 12.3. The van der Waals surface area contributed by atoms with Crippen LogP contribution in [0.5, 0.6) is 0 Å². The lowest BCUT2D eigenvalue weighted by atomic mass is 10.1. The van der Waals surface area contributed by atoms with Crippen molar-refractivity contribution in [3.63, 3.8) is 0 Å². The van der Waals surface area contributed by atoms with Crippen LogP contribution in [-0.4, -0.2) is 5.11 Å². The molecule has 0 amide bonds. The van der Waals surface area contributed by atoms with Gasteiger partial charge >= 0.3 is 0 Å². The molecule has 0 bridgehead atoms. The molecule has 1 aromatic carbocycles. The van der Waals surface area contributed by atoms with Crippen LogP contribution in [0.2, 0.25) is 0 Å². The minimum absolute atomic E-state index is 0.498. The molecule has 0 saturated carbocycles. The minimum Gasteiger partial charge on any atom is -0.384 e. The quantitative estimate of drug-likeness (QED) is 0.786. The Balaban J connectivity index is 2.89. The molecule has 2 heteroatoms. The van der Waals surface area contributed by atoms with E-state index in [9.17, 15) is 5.11 Å². The zero-order chi connectivity index (χ0) is 9.84. The van der Waals surface area contributed by atoms with Crippen molar-refractivity contribution in [3.8, 4) is 0 Å². The van der Waals surface area contributed by atoms with E-state index in [1.54, 1.807) is 0 Å². The molecule has 0 aliphatic rings. The first-order valence-electron chi connectivity index (χ1n) is 4.18. The SMILES string of the molecule is CC(C)=CC(O)c1cccc(Br)c1. The summed E-state index contributed by atoms with van der Waals surface area (Å²) in [4.78, 5) is 0. The molecule has 0 aliphatic carbocycles. The summed E-state index contributed by atoms with van der Waals surface area (Å²) in [6.07, 6.45) is 1.34. The third-order valence-corrected chi connectivity index (χ3v) is 2.17.